The SMILES string of the molecule is Cc1c(O)ccc2c(CSc3ncc4ccccn34)cc(=O)oc12. The molecule has 1 N–H and O–H groups in total. The van der Waals surface area contributed by atoms with Crippen molar-refractivity contribution < 1.29 is 9.52 Å². The fourth-order valence-electron chi connectivity index (χ4n) is 2.70. The van der Waals surface area contributed by atoms with Crippen LogP contribution in [0.1, 0.15) is 11.1 Å². The van der Waals surface area contributed by atoms with E-state index in [0.717, 1.165) is 21.6 Å². The van der Waals surface area contributed by atoms with Gasteiger partial charge in [0.2, 0.25) is 0 Å². The Morgan fingerprint density at radius 2 is 2.17 bits per heavy atom. The molecule has 0 saturated carbocycles. The first kappa shape index (κ1) is 14.8. The summed E-state index contributed by atoms with van der Waals surface area (Å²) in [5.74, 6) is 0.704. The summed E-state index contributed by atoms with van der Waals surface area (Å²) in [7, 11) is 0. The van der Waals surface area contributed by atoms with Gasteiger partial charge in [0.1, 0.15) is 11.3 Å². The van der Waals surface area contributed by atoms with Crippen molar-refractivity contribution in [2.24, 2.45) is 0 Å². The number of hydrogen-bond acceptors (Lipinski definition) is 5. The number of aromatic hydroxyl groups is 1. The molecule has 24 heavy (non-hydrogen) atoms. The van der Waals surface area contributed by atoms with E-state index in [1.54, 1.807) is 30.8 Å². The lowest BCUT2D eigenvalue weighted by Crippen LogP contribution is -2.01. The average molecular weight is 338 g/mol. The Balaban J connectivity index is 1.75. The first-order chi connectivity index (χ1) is 11.6. The van der Waals surface area contributed by atoms with Gasteiger partial charge in [0, 0.05) is 29.0 Å². The van der Waals surface area contributed by atoms with Crippen LogP contribution in [0.25, 0.3) is 16.5 Å². The van der Waals surface area contributed by atoms with Crippen molar-refractivity contribution in [1.29, 1.82) is 0 Å². The third-order valence-electron chi connectivity index (χ3n) is 3.98. The highest BCUT2D eigenvalue weighted by molar-refractivity contribution is 7.98. The van der Waals surface area contributed by atoms with Gasteiger partial charge >= 0.3 is 5.63 Å². The maximum atomic E-state index is 11.9. The van der Waals surface area contributed by atoms with Crippen LogP contribution >= 0.6 is 11.8 Å². The number of nitrogens with zero attached hydrogens (tertiary/aromatic N) is 2. The van der Waals surface area contributed by atoms with Gasteiger partial charge < -0.3 is 9.52 Å². The molecular formula is C18H14N2O3S. The van der Waals surface area contributed by atoms with Crippen LogP contribution in [0.3, 0.4) is 0 Å². The minimum atomic E-state index is -0.417. The van der Waals surface area contributed by atoms with Crippen LogP contribution in [0.4, 0.5) is 0 Å². The fraction of sp³-hybridized carbons (Fsp3) is 0.111. The maximum Gasteiger partial charge on any atom is 0.336 e. The quantitative estimate of drug-likeness (QED) is 0.455. The molecule has 0 atom stereocenters. The minimum Gasteiger partial charge on any atom is -0.508 e. The van der Waals surface area contributed by atoms with Crippen molar-refractivity contribution in [2.45, 2.75) is 17.8 Å². The van der Waals surface area contributed by atoms with Crippen molar-refractivity contribution in [1.82, 2.24) is 9.38 Å². The van der Waals surface area contributed by atoms with Crippen LogP contribution < -0.4 is 5.63 Å². The number of benzene rings is 1. The standard InChI is InChI=1S/C18H14N2O3S/c1-11-15(21)6-5-14-12(8-16(22)23-17(11)14)10-24-18-19-9-13-4-2-3-7-20(13)18/h2-9,21H,10H2,1H3. The van der Waals surface area contributed by atoms with Crippen LogP contribution in [-0.4, -0.2) is 14.5 Å². The van der Waals surface area contributed by atoms with Crippen molar-refractivity contribution in [2.75, 3.05) is 0 Å². The van der Waals surface area contributed by atoms with E-state index >= 15 is 0 Å². The normalized spacial score (nSPS) is 11.4. The summed E-state index contributed by atoms with van der Waals surface area (Å²) in [6.07, 6.45) is 3.78. The Hall–Kier alpha value is -2.73. The van der Waals surface area contributed by atoms with Crippen LogP contribution in [0.2, 0.25) is 0 Å². The molecule has 0 saturated heterocycles. The number of hydrogen-bond donors (Lipinski definition) is 1. The maximum absolute atomic E-state index is 11.9. The van der Waals surface area contributed by atoms with Gasteiger partial charge in [0.05, 0.1) is 11.7 Å². The molecule has 0 radical (unpaired) electrons. The number of aromatic nitrogens is 2. The Bertz CT molecular complexity index is 1110. The molecule has 0 aliphatic heterocycles. The van der Waals surface area contributed by atoms with E-state index in [-0.39, 0.29) is 5.75 Å². The summed E-state index contributed by atoms with van der Waals surface area (Å²) < 4.78 is 7.28. The van der Waals surface area contributed by atoms with Crippen molar-refractivity contribution in [3.63, 3.8) is 0 Å². The predicted octanol–water partition coefficient (Wildman–Crippen LogP) is 3.75. The largest absolute Gasteiger partial charge is 0.508 e. The van der Waals surface area contributed by atoms with E-state index in [0.29, 0.717) is 16.9 Å². The summed E-state index contributed by atoms with van der Waals surface area (Å²) in [5.41, 5.74) is 2.48. The van der Waals surface area contributed by atoms with Gasteiger partial charge in [-0.25, -0.2) is 9.78 Å². The van der Waals surface area contributed by atoms with Gasteiger partial charge in [0.25, 0.3) is 0 Å². The highest BCUT2D eigenvalue weighted by Crippen LogP contribution is 2.30. The molecule has 0 spiro atoms. The number of aryl methyl sites for hydroxylation is 1. The molecule has 120 valence electrons. The average Bonchev–Trinajstić information content (AvgIpc) is 3.00. The van der Waals surface area contributed by atoms with Gasteiger partial charge in [0.15, 0.2) is 5.16 Å². The van der Waals surface area contributed by atoms with Gasteiger partial charge in [-0.3, -0.25) is 4.40 Å². The molecule has 0 amide bonds. The van der Waals surface area contributed by atoms with Crippen molar-refractivity contribution in [3.8, 4) is 5.75 Å². The van der Waals surface area contributed by atoms with Crippen LogP contribution in [0.15, 0.2) is 63.2 Å². The smallest absolute Gasteiger partial charge is 0.336 e. The third kappa shape index (κ3) is 2.45. The van der Waals surface area contributed by atoms with Gasteiger partial charge in [-0.15, -0.1) is 0 Å². The lowest BCUT2D eigenvalue weighted by atomic mass is 10.1. The Kier molecular flexibility index (Phi) is 3.54. The van der Waals surface area contributed by atoms with Crippen molar-refractivity contribution in [3.05, 3.63) is 70.3 Å². The second-order valence-corrected chi connectivity index (χ2v) is 6.44. The van der Waals surface area contributed by atoms with Crippen LogP contribution in [0.5, 0.6) is 5.75 Å². The summed E-state index contributed by atoms with van der Waals surface area (Å²) in [4.78, 5) is 16.3. The third-order valence-corrected chi connectivity index (χ3v) is 5.00. The predicted molar refractivity (Wildman–Crippen MR) is 93.6 cm³/mol. The summed E-state index contributed by atoms with van der Waals surface area (Å²) in [6, 6.07) is 10.8. The Labute approximate surface area is 141 Å². The molecule has 4 aromatic rings. The van der Waals surface area contributed by atoms with Gasteiger partial charge in [-0.1, -0.05) is 17.8 Å². The zero-order valence-electron chi connectivity index (χ0n) is 12.9. The van der Waals surface area contributed by atoms with E-state index in [2.05, 4.69) is 4.98 Å². The van der Waals surface area contributed by atoms with Crippen LogP contribution in [0, 0.1) is 6.92 Å². The molecule has 4 rings (SSSR count). The molecule has 0 unspecified atom stereocenters. The highest BCUT2D eigenvalue weighted by Gasteiger charge is 2.12. The number of imidazole rings is 1. The number of pyridine rings is 1. The molecule has 0 aliphatic carbocycles. The molecule has 0 aliphatic rings. The number of rotatable bonds is 3. The van der Waals surface area contributed by atoms with E-state index in [1.807, 2.05) is 35.0 Å². The van der Waals surface area contributed by atoms with Crippen molar-refractivity contribution >= 4 is 28.2 Å². The first-order valence-electron chi connectivity index (χ1n) is 7.43. The van der Waals surface area contributed by atoms with E-state index in [4.69, 9.17) is 4.42 Å². The Morgan fingerprint density at radius 1 is 1.29 bits per heavy atom. The monoisotopic (exact) mass is 338 g/mol. The number of phenols is 1. The zero-order chi connectivity index (χ0) is 16.7. The second-order valence-electron chi connectivity index (χ2n) is 5.50. The van der Waals surface area contributed by atoms with E-state index in [1.165, 1.54) is 6.07 Å². The molecule has 0 bridgehead atoms. The van der Waals surface area contributed by atoms with E-state index < -0.39 is 5.63 Å². The van der Waals surface area contributed by atoms with Crippen LogP contribution in [-0.2, 0) is 5.75 Å². The molecule has 3 aromatic heterocycles. The number of thioether (sulfide) groups is 1. The Morgan fingerprint density at radius 3 is 3.04 bits per heavy atom. The highest BCUT2D eigenvalue weighted by atomic mass is 32.2. The molecule has 0 fully saturated rings. The molecule has 3 heterocycles. The van der Waals surface area contributed by atoms with Gasteiger partial charge in [-0.05, 0) is 36.8 Å². The molecule has 5 nitrogen and oxygen atoms in total. The zero-order valence-corrected chi connectivity index (χ0v) is 13.7. The second kappa shape index (κ2) is 5.72. The fourth-order valence-corrected chi connectivity index (χ4v) is 3.66. The lowest BCUT2D eigenvalue weighted by molar-refractivity contribution is 0.468. The molecule has 1 aromatic carbocycles. The summed E-state index contributed by atoms with van der Waals surface area (Å²) in [5, 5.41) is 11.5. The molecule has 6 heteroatoms. The molecular weight excluding hydrogens is 324 g/mol. The number of phenolic OH excluding ortho intramolecular Hbond substituents is 1. The van der Waals surface area contributed by atoms with E-state index in [9.17, 15) is 9.90 Å². The lowest BCUT2D eigenvalue weighted by Gasteiger charge is -2.08. The summed E-state index contributed by atoms with van der Waals surface area (Å²) >= 11 is 1.55. The number of fused-ring (bicyclic) bond motifs is 2. The topological polar surface area (TPSA) is 67.7 Å². The summed E-state index contributed by atoms with van der Waals surface area (Å²) in [6.45, 7) is 1.74. The first-order valence-corrected chi connectivity index (χ1v) is 8.42. The minimum absolute atomic E-state index is 0.120. The van der Waals surface area contributed by atoms with Gasteiger partial charge in [-0.2, -0.15) is 0 Å².